The average Bonchev–Trinajstić information content (AvgIpc) is 3.20. The lowest BCUT2D eigenvalue weighted by atomic mass is 10.2. The van der Waals surface area contributed by atoms with Crippen molar-refractivity contribution in [1.82, 2.24) is 19.6 Å². The molecule has 5 nitrogen and oxygen atoms in total. The third-order valence-corrected chi connectivity index (χ3v) is 3.71. The fraction of sp³-hybridized carbons (Fsp3) is 0.625. The van der Waals surface area contributed by atoms with Crippen molar-refractivity contribution >= 4 is 5.91 Å². The standard InChI is InChI=1S/C16H26N4O/c1-5-19-11-14(13(2)17-19)12-20(15-8-9-15)16(21)7-6-10-18(3)4/h6-7,11,15H,5,8-10,12H2,1-4H3/b7-6+. The van der Waals surface area contributed by atoms with Crippen molar-refractivity contribution in [3.63, 3.8) is 0 Å². The highest BCUT2D eigenvalue weighted by Crippen LogP contribution is 2.29. The SMILES string of the molecule is CCn1cc(CN(C(=O)/C=C/CN(C)C)C2CC2)c(C)n1. The first-order valence-electron chi connectivity index (χ1n) is 7.66. The Balaban J connectivity index is 2.03. The van der Waals surface area contributed by atoms with Crippen molar-refractivity contribution in [3.05, 3.63) is 29.6 Å². The Hall–Kier alpha value is -1.62. The van der Waals surface area contributed by atoms with Gasteiger partial charge in [-0.2, -0.15) is 5.10 Å². The van der Waals surface area contributed by atoms with E-state index in [1.54, 1.807) is 6.08 Å². The summed E-state index contributed by atoms with van der Waals surface area (Å²) in [5, 5.41) is 4.46. The van der Waals surface area contributed by atoms with E-state index in [0.717, 1.165) is 37.2 Å². The van der Waals surface area contributed by atoms with Gasteiger partial charge >= 0.3 is 0 Å². The third kappa shape index (κ3) is 4.43. The molecule has 0 aliphatic heterocycles. The lowest BCUT2D eigenvalue weighted by molar-refractivity contribution is -0.127. The lowest BCUT2D eigenvalue weighted by Crippen LogP contribution is -2.31. The van der Waals surface area contributed by atoms with E-state index in [2.05, 4.69) is 18.2 Å². The molecule has 0 spiro atoms. The number of amides is 1. The molecule has 1 saturated carbocycles. The molecule has 0 radical (unpaired) electrons. The Morgan fingerprint density at radius 1 is 1.48 bits per heavy atom. The summed E-state index contributed by atoms with van der Waals surface area (Å²) < 4.78 is 1.93. The van der Waals surface area contributed by atoms with E-state index in [-0.39, 0.29) is 5.91 Å². The molecule has 1 aromatic rings. The van der Waals surface area contributed by atoms with Gasteiger partial charge in [0.2, 0.25) is 5.91 Å². The Labute approximate surface area is 127 Å². The molecule has 0 bridgehead atoms. The van der Waals surface area contributed by atoms with Crippen LogP contribution in [0.1, 0.15) is 31.0 Å². The molecule has 1 aromatic heterocycles. The normalized spacial score (nSPS) is 15.1. The van der Waals surface area contributed by atoms with E-state index in [1.807, 2.05) is 41.6 Å². The number of likely N-dealkylation sites (N-methyl/N-ethyl adjacent to an activating group) is 1. The van der Waals surface area contributed by atoms with E-state index in [9.17, 15) is 4.79 Å². The Bertz CT molecular complexity index is 514. The number of aryl methyl sites for hydroxylation is 2. The maximum atomic E-state index is 12.4. The van der Waals surface area contributed by atoms with E-state index in [4.69, 9.17) is 0 Å². The second-order valence-corrected chi connectivity index (χ2v) is 5.96. The largest absolute Gasteiger partial charge is 0.332 e. The Morgan fingerprint density at radius 2 is 2.19 bits per heavy atom. The Kier molecular flexibility index (Phi) is 5.17. The highest BCUT2D eigenvalue weighted by molar-refractivity contribution is 5.88. The van der Waals surface area contributed by atoms with E-state index in [0.29, 0.717) is 12.6 Å². The highest BCUT2D eigenvalue weighted by Gasteiger charge is 2.32. The summed E-state index contributed by atoms with van der Waals surface area (Å²) in [6, 6.07) is 0.408. The summed E-state index contributed by atoms with van der Waals surface area (Å²) in [7, 11) is 3.99. The van der Waals surface area contributed by atoms with Crippen molar-refractivity contribution in [2.45, 2.75) is 45.8 Å². The minimum absolute atomic E-state index is 0.114. The van der Waals surface area contributed by atoms with Crippen LogP contribution >= 0.6 is 0 Å². The summed E-state index contributed by atoms with van der Waals surface area (Å²) in [5.74, 6) is 0.114. The number of hydrogen-bond acceptors (Lipinski definition) is 3. The smallest absolute Gasteiger partial charge is 0.246 e. The van der Waals surface area contributed by atoms with Crippen molar-refractivity contribution in [1.29, 1.82) is 0 Å². The maximum Gasteiger partial charge on any atom is 0.246 e. The second-order valence-electron chi connectivity index (χ2n) is 5.96. The van der Waals surface area contributed by atoms with Crippen LogP contribution in [0.3, 0.4) is 0 Å². The lowest BCUT2D eigenvalue weighted by Gasteiger charge is -2.20. The molecule has 0 saturated heterocycles. The quantitative estimate of drug-likeness (QED) is 0.719. The molecular formula is C16H26N4O. The molecule has 1 aliphatic carbocycles. The molecule has 0 aromatic carbocycles. The van der Waals surface area contributed by atoms with Crippen LogP contribution in [0, 0.1) is 6.92 Å². The van der Waals surface area contributed by atoms with Gasteiger partial charge in [0.15, 0.2) is 0 Å². The minimum atomic E-state index is 0.114. The van der Waals surface area contributed by atoms with Crippen molar-refractivity contribution in [3.8, 4) is 0 Å². The molecule has 2 rings (SSSR count). The zero-order valence-corrected chi connectivity index (χ0v) is 13.5. The first-order valence-corrected chi connectivity index (χ1v) is 7.66. The molecule has 21 heavy (non-hydrogen) atoms. The second kappa shape index (κ2) is 6.89. The summed E-state index contributed by atoms with van der Waals surface area (Å²) in [5.41, 5.74) is 2.17. The summed E-state index contributed by atoms with van der Waals surface area (Å²) in [4.78, 5) is 16.4. The summed E-state index contributed by atoms with van der Waals surface area (Å²) >= 11 is 0. The zero-order chi connectivity index (χ0) is 15.4. The number of carbonyl (C=O) groups excluding carboxylic acids is 1. The van der Waals surface area contributed by atoms with Gasteiger partial charge in [-0.05, 0) is 40.8 Å². The van der Waals surface area contributed by atoms with Crippen LogP contribution in [-0.2, 0) is 17.9 Å². The van der Waals surface area contributed by atoms with Crippen LogP contribution in [-0.4, -0.2) is 52.2 Å². The average molecular weight is 290 g/mol. The van der Waals surface area contributed by atoms with Gasteiger partial charge < -0.3 is 9.80 Å². The number of hydrogen-bond donors (Lipinski definition) is 0. The van der Waals surface area contributed by atoms with Gasteiger partial charge in [-0.1, -0.05) is 6.08 Å². The molecule has 0 atom stereocenters. The monoisotopic (exact) mass is 290 g/mol. The highest BCUT2D eigenvalue weighted by atomic mass is 16.2. The summed E-state index contributed by atoms with van der Waals surface area (Å²) in [6.45, 7) is 6.41. The molecule has 116 valence electrons. The predicted octanol–water partition coefficient (Wildman–Crippen LogP) is 1.82. The molecular weight excluding hydrogens is 264 g/mol. The topological polar surface area (TPSA) is 41.4 Å². The maximum absolute atomic E-state index is 12.4. The molecule has 1 fully saturated rings. The minimum Gasteiger partial charge on any atom is -0.332 e. The van der Waals surface area contributed by atoms with E-state index in [1.165, 1.54) is 0 Å². The number of aromatic nitrogens is 2. The fourth-order valence-corrected chi connectivity index (χ4v) is 2.29. The van der Waals surface area contributed by atoms with Gasteiger partial charge in [-0.25, -0.2) is 0 Å². The van der Waals surface area contributed by atoms with Crippen molar-refractivity contribution < 1.29 is 4.79 Å². The number of carbonyl (C=O) groups is 1. The van der Waals surface area contributed by atoms with Crippen LogP contribution in [0.15, 0.2) is 18.3 Å². The van der Waals surface area contributed by atoms with Gasteiger partial charge in [0, 0.05) is 43.5 Å². The number of nitrogens with zero attached hydrogens (tertiary/aromatic N) is 4. The molecule has 5 heteroatoms. The Morgan fingerprint density at radius 3 is 2.71 bits per heavy atom. The molecule has 1 heterocycles. The predicted molar refractivity (Wildman–Crippen MR) is 83.9 cm³/mol. The van der Waals surface area contributed by atoms with Gasteiger partial charge in [0.05, 0.1) is 5.69 Å². The van der Waals surface area contributed by atoms with Gasteiger partial charge in [-0.15, -0.1) is 0 Å². The van der Waals surface area contributed by atoms with Crippen LogP contribution in [0.4, 0.5) is 0 Å². The van der Waals surface area contributed by atoms with Gasteiger partial charge in [-0.3, -0.25) is 9.48 Å². The fourth-order valence-electron chi connectivity index (χ4n) is 2.29. The van der Waals surface area contributed by atoms with Crippen LogP contribution < -0.4 is 0 Å². The molecule has 0 N–H and O–H groups in total. The summed E-state index contributed by atoms with van der Waals surface area (Å²) in [6.07, 6.45) is 7.93. The van der Waals surface area contributed by atoms with E-state index >= 15 is 0 Å². The van der Waals surface area contributed by atoms with Gasteiger partial charge in [0.25, 0.3) is 0 Å². The molecule has 1 amide bonds. The van der Waals surface area contributed by atoms with Crippen molar-refractivity contribution in [2.75, 3.05) is 20.6 Å². The van der Waals surface area contributed by atoms with Crippen LogP contribution in [0.2, 0.25) is 0 Å². The van der Waals surface area contributed by atoms with Crippen molar-refractivity contribution in [2.24, 2.45) is 0 Å². The number of rotatable bonds is 7. The van der Waals surface area contributed by atoms with Crippen LogP contribution in [0.5, 0.6) is 0 Å². The third-order valence-electron chi connectivity index (χ3n) is 3.71. The van der Waals surface area contributed by atoms with E-state index < -0.39 is 0 Å². The molecule has 0 unspecified atom stereocenters. The zero-order valence-electron chi connectivity index (χ0n) is 13.5. The first-order chi connectivity index (χ1) is 10.0. The first kappa shape index (κ1) is 15.8. The molecule has 1 aliphatic rings. The van der Waals surface area contributed by atoms with Gasteiger partial charge in [0.1, 0.15) is 0 Å². The van der Waals surface area contributed by atoms with Crippen LogP contribution in [0.25, 0.3) is 0 Å².